The second kappa shape index (κ2) is 10.4. The van der Waals surface area contributed by atoms with Crippen LogP contribution in [0.5, 0.6) is 5.75 Å². The van der Waals surface area contributed by atoms with Crippen LogP contribution in [-0.2, 0) is 4.79 Å². The van der Waals surface area contributed by atoms with E-state index in [9.17, 15) is 4.79 Å². The van der Waals surface area contributed by atoms with Crippen molar-refractivity contribution >= 4 is 11.6 Å². The maximum absolute atomic E-state index is 13.5. The van der Waals surface area contributed by atoms with Gasteiger partial charge in [-0.1, -0.05) is 97.1 Å². The molecule has 0 aliphatic rings. The molecule has 4 aromatic carbocycles. The molecule has 32 heavy (non-hydrogen) atoms. The average molecular weight is 423 g/mol. The average Bonchev–Trinajstić information content (AvgIpc) is 2.86. The van der Waals surface area contributed by atoms with Crippen LogP contribution >= 0.6 is 0 Å². The highest BCUT2D eigenvalue weighted by Crippen LogP contribution is 2.27. The molecule has 0 spiro atoms. The molecular formula is C28H26N2O2. The minimum atomic E-state index is -0.562. The molecule has 0 aromatic heterocycles. The highest BCUT2D eigenvalue weighted by molar-refractivity contribution is 5.95. The Labute approximate surface area is 188 Å². The number of hydrogen-bond donors (Lipinski definition) is 2. The highest BCUT2D eigenvalue weighted by atomic mass is 16.5. The number of carbonyl (C=O) groups excluding carboxylic acids is 1. The van der Waals surface area contributed by atoms with Gasteiger partial charge in [0.05, 0.1) is 13.2 Å². The van der Waals surface area contributed by atoms with Crippen LogP contribution in [0.15, 0.2) is 115 Å². The molecule has 0 heterocycles. The fourth-order valence-corrected chi connectivity index (χ4v) is 3.73. The Hall–Kier alpha value is -3.89. The Kier molecular flexibility index (Phi) is 6.95. The second-order valence-electron chi connectivity index (χ2n) is 7.49. The third kappa shape index (κ3) is 5.23. The van der Waals surface area contributed by atoms with Crippen molar-refractivity contribution in [3.63, 3.8) is 0 Å². The van der Waals surface area contributed by atoms with E-state index in [0.717, 1.165) is 16.7 Å². The van der Waals surface area contributed by atoms with Crippen molar-refractivity contribution in [2.45, 2.75) is 12.1 Å². The molecule has 1 atom stereocenters. The lowest BCUT2D eigenvalue weighted by molar-refractivity contribution is -0.118. The van der Waals surface area contributed by atoms with Gasteiger partial charge in [0.15, 0.2) is 0 Å². The molecule has 4 rings (SSSR count). The van der Waals surface area contributed by atoms with Gasteiger partial charge in [-0.15, -0.1) is 0 Å². The molecule has 0 bridgehead atoms. The van der Waals surface area contributed by atoms with Gasteiger partial charge in [0, 0.05) is 11.8 Å². The second-order valence-corrected chi connectivity index (χ2v) is 7.49. The molecule has 0 saturated carbocycles. The van der Waals surface area contributed by atoms with E-state index in [0.29, 0.717) is 11.4 Å². The number of methoxy groups -OCH3 is 1. The molecule has 1 amide bonds. The van der Waals surface area contributed by atoms with E-state index in [4.69, 9.17) is 4.74 Å². The topological polar surface area (TPSA) is 50.4 Å². The van der Waals surface area contributed by atoms with Crippen LogP contribution in [-0.4, -0.2) is 13.0 Å². The summed E-state index contributed by atoms with van der Waals surface area (Å²) in [5, 5.41) is 6.65. The predicted octanol–water partition coefficient (Wildman–Crippen LogP) is 5.75. The van der Waals surface area contributed by atoms with E-state index < -0.39 is 6.04 Å². The summed E-state index contributed by atoms with van der Waals surface area (Å²) in [6.07, 6.45) is 0. The fraction of sp³-hybridized carbons (Fsp3) is 0.107. The summed E-state index contributed by atoms with van der Waals surface area (Å²) in [5.74, 6) is 0.555. The Morgan fingerprint density at radius 2 is 1.22 bits per heavy atom. The number of carbonyl (C=O) groups is 1. The summed E-state index contributed by atoms with van der Waals surface area (Å²) in [5.41, 5.74) is 3.76. The first kappa shape index (κ1) is 21.3. The largest absolute Gasteiger partial charge is 0.497 e. The van der Waals surface area contributed by atoms with Crippen LogP contribution in [0.1, 0.15) is 28.8 Å². The number of benzene rings is 4. The molecule has 0 saturated heterocycles. The summed E-state index contributed by atoms with van der Waals surface area (Å²) in [7, 11) is 1.61. The number of amides is 1. The smallest absolute Gasteiger partial charge is 0.246 e. The van der Waals surface area contributed by atoms with E-state index in [1.165, 1.54) is 0 Å². The van der Waals surface area contributed by atoms with Gasteiger partial charge in [-0.2, -0.15) is 0 Å². The molecule has 1 unspecified atom stereocenters. The van der Waals surface area contributed by atoms with Crippen molar-refractivity contribution in [1.82, 2.24) is 5.32 Å². The van der Waals surface area contributed by atoms with Gasteiger partial charge in [-0.05, 0) is 28.8 Å². The van der Waals surface area contributed by atoms with Crippen molar-refractivity contribution in [1.29, 1.82) is 0 Å². The van der Waals surface area contributed by atoms with Gasteiger partial charge < -0.3 is 10.1 Å². The third-order valence-corrected chi connectivity index (χ3v) is 5.33. The van der Waals surface area contributed by atoms with E-state index in [2.05, 4.69) is 34.9 Å². The van der Waals surface area contributed by atoms with Gasteiger partial charge in [-0.3, -0.25) is 10.1 Å². The number of rotatable bonds is 8. The van der Waals surface area contributed by atoms with Crippen LogP contribution < -0.4 is 15.4 Å². The number of anilines is 1. The van der Waals surface area contributed by atoms with Gasteiger partial charge in [0.2, 0.25) is 5.91 Å². The Bertz CT molecular complexity index is 1090. The highest BCUT2D eigenvalue weighted by Gasteiger charge is 2.26. The van der Waals surface area contributed by atoms with E-state index in [1.807, 2.05) is 91.0 Å². The van der Waals surface area contributed by atoms with Crippen molar-refractivity contribution in [2.75, 3.05) is 12.4 Å². The lowest BCUT2D eigenvalue weighted by Crippen LogP contribution is -2.36. The molecule has 2 N–H and O–H groups in total. The zero-order chi connectivity index (χ0) is 22.2. The molecule has 4 heteroatoms. The van der Waals surface area contributed by atoms with Crippen LogP contribution in [0.2, 0.25) is 0 Å². The van der Waals surface area contributed by atoms with Crippen molar-refractivity contribution in [3.8, 4) is 5.75 Å². The summed E-state index contributed by atoms with van der Waals surface area (Å²) in [6.45, 7) is 0. The molecule has 4 aromatic rings. The molecular weight excluding hydrogens is 396 g/mol. The van der Waals surface area contributed by atoms with Crippen molar-refractivity contribution in [2.24, 2.45) is 0 Å². The Morgan fingerprint density at radius 1 is 0.688 bits per heavy atom. The molecule has 4 nitrogen and oxygen atoms in total. The summed E-state index contributed by atoms with van der Waals surface area (Å²) in [6, 6.07) is 36.8. The van der Waals surface area contributed by atoms with Gasteiger partial charge in [0.1, 0.15) is 11.8 Å². The van der Waals surface area contributed by atoms with E-state index in [-0.39, 0.29) is 11.9 Å². The first-order valence-electron chi connectivity index (χ1n) is 10.6. The van der Waals surface area contributed by atoms with Crippen LogP contribution in [0, 0.1) is 0 Å². The van der Waals surface area contributed by atoms with Crippen molar-refractivity contribution < 1.29 is 9.53 Å². The van der Waals surface area contributed by atoms with Crippen LogP contribution in [0.25, 0.3) is 0 Å². The van der Waals surface area contributed by atoms with Crippen LogP contribution in [0.4, 0.5) is 5.69 Å². The fourth-order valence-electron chi connectivity index (χ4n) is 3.73. The Balaban J connectivity index is 1.68. The minimum Gasteiger partial charge on any atom is -0.497 e. The number of hydrogen-bond acceptors (Lipinski definition) is 3. The van der Waals surface area contributed by atoms with Gasteiger partial charge in [0.25, 0.3) is 0 Å². The first-order chi connectivity index (χ1) is 15.7. The minimum absolute atomic E-state index is 0.138. The first-order valence-corrected chi connectivity index (χ1v) is 10.6. The monoisotopic (exact) mass is 422 g/mol. The molecule has 0 fully saturated rings. The quantitative estimate of drug-likeness (QED) is 0.380. The molecule has 0 aliphatic carbocycles. The van der Waals surface area contributed by atoms with Crippen molar-refractivity contribution in [3.05, 3.63) is 132 Å². The lowest BCUT2D eigenvalue weighted by atomic mass is 9.96. The molecule has 0 aliphatic heterocycles. The zero-order valence-corrected chi connectivity index (χ0v) is 17.9. The Morgan fingerprint density at radius 3 is 1.75 bits per heavy atom. The van der Waals surface area contributed by atoms with E-state index >= 15 is 0 Å². The standard InChI is InChI=1S/C28H26N2O2/c1-32-25-19-11-18-24(20-25)29-28(31)27(23-16-9-4-10-17-23)30-26(21-12-5-2-6-13-21)22-14-7-3-8-15-22/h2-20,26-27,30H,1H3,(H,29,31). The van der Waals surface area contributed by atoms with Gasteiger partial charge in [-0.25, -0.2) is 0 Å². The zero-order valence-electron chi connectivity index (χ0n) is 17.9. The summed E-state index contributed by atoms with van der Waals surface area (Å²) >= 11 is 0. The number of nitrogens with one attached hydrogen (secondary N) is 2. The summed E-state index contributed by atoms with van der Waals surface area (Å²) < 4.78 is 5.29. The SMILES string of the molecule is COc1cccc(NC(=O)C(NC(c2ccccc2)c2ccccc2)c2ccccc2)c1. The third-order valence-electron chi connectivity index (χ3n) is 5.33. The van der Waals surface area contributed by atoms with Crippen LogP contribution in [0.3, 0.4) is 0 Å². The number of ether oxygens (including phenoxy) is 1. The maximum Gasteiger partial charge on any atom is 0.246 e. The molecule has 0 radical (unpaired) electrons. The predicted molar refractivity (Wildman–Crippen MR) is 129 cm³/mol. The van der Waals surface area contributed by atoms with E-state index in [1.54, 1.807) is 7.11 Å². The molecule has 160 valence electrons. The van der Waals surface area contributed by atoms with Gasteiger partial charge >= 0.3 is 0 Å². The lowest BCUT2D eigenvalue weighted by Gasteiger charge is -2.26. The summed E-state index contributed by atoms with van der Waals surface area (Å²) in [4.78, 5) is 13.5. The maximum atomic E-state index is 13.5. The normalized spacial score (nSPS) is 11.7.